The summed E-state index contributed by atoms with van der Waals surface area (Å²) >= 11 is 6.77. The minimum Gasteiger partial charge on any atom is -0.382 e. The second kappa shape index (κ2) is 12.0. The first-order valence-corrected chi connectivity index (χ1v) is 13.0. The molecule has 0 radical (unpaired) electrons. The Balaban J connectivity index is 2.08. The van der Waals surface area contributed by atoms with E-state index in [1.54, 1.807) is 16.4 Å². The summed E-state index contributed by atoms with van der Waals surface area (Å²) in [5, 5.41) is 9.77. The Morgan fingerprint density at radius 3 is 2.50 bits per heavy atom. The normalized spacial score (nSPS) is 18.3. The Kier molecular flexibility index (Phi) is 9.31. The molecule has 1 amide bonds. The fourth-order valence-corrected chi connectivity index (χ4v) is 5.52. The highest BCUT2D eigenvalue weighted by molar-refractivity contribution is 8.26. The van der Waals surface area contributed by atoms with E-state index >= 15 is 0 Å². The van der Waals surface area contributed by atoms with Gasteiger partial charge in [0, 0.05) is 58.0 Å². The molecule has 0 bridgehead atoms. The van der Waals surface area contributed by atoms with Crippen LogP contribution in [0.25, 0.3) is 6.08 Å². The van der Waals surface area contributed by atoms with Crippen LogP contribution in [0.5, 0.6) is 0 Å². The fourth-order valence-electron chi connectivity index (χ4n) is 4.23. The lowest BCUT2D eigenvalue weighted by atomic mass is 10.0. The number of nitriles is 1. The summed E-state index contributed by atoms with van der Waals surface area (Å²) in [5.74, 6) is 0.653. The number of amides is 1. The lowest BCUT2D eigenvalue weighted by Gasteiger charge is -2.36. The van der Waals surface area contributed by atoms with E-state index in [1.165, 1.54) is 11.8 Å². The van der Waals surface area contributed by atoms with Gasteiger partial charge >= 0.3 is 0 Å². The van der Waals surface area contributed by atoms with E-state index in [4.69, 9.17) is 17.0 Å². The second-order valence-electron chi connectivity index (χ2n) is 8.48. The van der Waals surface area contributed by atoms with Crippen LogP contribution in [-0.2, 0) is 16.1 Å². The van der Waals surface area contributed by atoms with Crippen molar-refractivity contribution < 1.29 is 9.53 Å². The van der Waals surface area contributed by atoms with Crippen molar-refractivity contribution in [1.29, 1.82) is 5.26 Å². The topological polar surface area (TPSA) is 81.8 Å². The van der Waals surface area contributed by atoms with Crippen LogP contribution in [0.4, 0.5) is 5.82 Å². The minimum absolute atomic E-state index is 0.129. The van der Waals surface area contributed by atoms with Gasteiger partial charge in [-0.15, -0.1) is 0 Å². The Morgan fingerprint density at radius 2 is 1.88 bits per heavy atom. The SMILES string of the molecule is CCCn1c(N2CCN(C)CC2)c(/C=C2\SC(=S)N(CCCOCC)C2=O)c(C)c(C#N)c1=O. The molecule has 0 aliphatic carbocycles. The zero-order valence-electron chi connectivity index (χ0n) is 20.4. The maximum atomic E-state index is 13.2. The smallest absolute Gasteiger partial charge is 0.270 e. The maximum absolute atomic E-state index is 13.2. The molecule has 3 rings (SSSR count). The molecule has 0 saturated carbocycles. The molecule has 3 heterocycles. The number of likely N-dealkylation sites (N-methyl/N-ethyl adjacent to an activating group) is 1. The number of nitrogens with zero attached hydrogens (tertiary/aromatic N) is 5. The largest absolute Gasteiger partial charge is 0.382 e. The number of carbonyl (C=O) groups excluding carboxylic acids is 1. The van der Waals surface area contributed by atoms with E-state index in [1.807, 2.05) is 19.9 Å². The lowest BCUT2D eigenvalue weighted by Crippen LogP contribution is -2.47. The van der Waals surface area contributed by atoms with Crippen molar-refractivity contribution in [3.05, 3.63) is 31.9 Å². The highest BCUT2D eigenvalue weighted by Crippen LogP contribution is 2.36. The molecule has 2 aliphatic heterocycles. The Labute approximate surface area is 211 Å². The maximum Gasteiger partial charge on any atom is 0.270 e. The van der Waals surface area contributed by atoms with Gasteiger partial charge in [0.1, 0.15) is 21.8 Å². The van der Waals surface area contributed by atoms with Crippen molar-refractivity contribution in [1.82, 2.24) is 14.4 Å². The van der Waals surface area contributed by atoms with Crippen LogP contribution < -0.4 is 10.5 Å². The standard InChI is InChI=1S/C24H33N5O3S2/c1-5-8-28-21(27-12-10-26(4)11-13-27)18(17(3)19(16-25)22(28)30)15-20-23(31)29(24(33)34-20)9-7-14-32-6-2/h15H,5-14H2,1-4H3/b20-15-. The van der Waals surface area contributed by atoms with Crippen LogP contribution in [0.1, 0.15) is 43.4 Å². The first kappa shape index (κ1) is 26.4. The molecule has 1 aromatic rings. The van der Waals surface area contributed by atoms with Gasteiger partial charge < -0.3 is 14.5 Å². The molecule has 2 fully saturated rings. The molecule has 0 N–H and O–H groups in total. The molecule has 0 spiro atoms. The van der Waals surface area contributed by atoms with Gasteiger partial charge in [-0.05, 0) is 45.4 Å². The van der Waals surface area contributed by atoms with Gasteiger partial charge in [0.2, 0.25) is 0 Å². The summed E-state index contributed by atoms with van der Waals surface area (Å²) in [4.78, 5) is 33.0. The van der Waals surface area contributed by atoms with Crippen molar-refractivity contribution >= 4 is 46.1 Å². The zero-order chi connectivity index (χ0) is 24.8. The monoisotopic (exact) mass is 503 g/mol. The Morgan fingerprint density at radius 1 is 1.18 bits per heavy atom. The third kappa shape index (κ3) is 5.54. The van der Waals surface area contributed by atoms with Gasteiger partial charge in [0.05, 0.1) is 4.91 Å². The summed E-state index contributed by atoms with van der Waals surface area (Å²) < 4.78 is 7.63. The van der Waals surface area contributed by atoms with Gasteiger partial charge in [-0.1, -0.05) is 30.9 Å². The van der Waals surface area contributed by atoms with Crippen LogP contribution >= 0.6 is 24.0 Å². The average Bonchev–Trinajstić information content (AvgIpc) is 3.08. The van der Waals surface area contributed by atoms with Crippen molar-refractivity contribution in [2.24, 2.45) is 0 Å². The summed E-state index contributed by atoms with van der Waals surface area (Å²) in [7, 11) is 2.08. The van der Waals surface area contributed by atoms with Gasteiger partial charge in [0.15, 0.2) is 0 Å². The van der Waals surface area contributed by atoms with Crippen molar-refractivity contribution in [3.8, 4) is 6.07 Å². The molecule has 2 aliphatic rings. The van der Waals surface area contributed by atoms with Crippen LogP contribution in [0.3, 0.4) is 0 Å². The Hall–Kier alpha value is -2.19. The van der Waals surface area contributed by atoms with Crippen LogP contribution in [0.15, 0.2) is 9.70 Å². The summed E-state index contributed by atoms with van der Waals surface area (Å²) in [5.41, 5.74) is 1.22. The van der Waals surface area contributed by atoms with Gasteiger partial charge in [-0.3, -0.25) is 19.1 Å². The van der Waals surface area contributed by atoms with E-state index in [-0.39, 0.29) is 17.0 Å². The molecule has 10 heteroatoms. The third-order valence-corrected chi connectivity index (χ3v) is 7.50. The molecule has 34 heavy (non-hydrogen) atoms. The third-order valence-electron chi connectivity index (χ3n) is 6.12. The van der Waals surface area contributed by atoms with E-state index in [2.05, 4.69) is 22.9 Å². The molecule has 0 aromatic carbocycles. The number of piperazine rings is 1. The Bertz CT molecular complexity index is 1070. The van der Waals surface area contributed by atoms with Gasteiger partial charge in [-0.2, -0.15) is 5.26 Å². The highest BCUT2D eigenvalue weighted by Gasteiger charge is 2.33. The number of aromatic nitrogens is 1. The molecule has 8 nitrogen and oxygen atoms in total. The quantitative estimate of drug-likeness (QED) is 0.289. The predicted molar refractivity (Wildman–Crippen MR) is 141 cm³/mol. The minimum atomic E-state index is -0.267. The number of thioether (sulfide) groups is 1. The van der Waals surface area contributed by atoms with Crippen molar-refractivity contribution in [2.75, 3.05) is 57.9 Å². The lowest BCUT2D eigenvalue weighted by molar-refractivity contribution is -0.122. The summed E-state index contributed by atoms with van der Waals surface area (Å²) in [6.45, 7) is 11.3. The van der Waals surface area contributed by atoms with Gasteiger partial charge in [0.25, 0.3) is 11.5 Å². The van der Waals surface area contributed by atoms with Crippen molar-refractivity contribution in [2.45, 2.75) is 40.2 Å². The first-order chi connectivity index (χ1) is 16.3. The second-order valence-corrected chi connectivity index (χ2v) is 10.2. The first-order valence-electron chi connectivity index (χ1n) is 11.8. The van der Waals surface area contributed by atoms with Crippen molar-refractivity contribution in [3.63, 3.8) is 0 Å². The number of anilines is 1. The molecule has 0 atom stereocenters. The number of ether oxygens (including phenoxy) is 1. The highest BCUT2D eigenvalue weighted by atomic mass is 32.2. The van der Waals surface area contributed by atoms with E-state index in [9.17, 15) is 14.9 Å². The van der Waals surface area contributed by atoms with Gasteiger partial charge in [-0.25, -0.2) is 0 Å². The molecule has 1 aromatic heterocycles. The number of hydrogen-bond donors (Lipinski definition) is 0. The predicted octanol–water partition coefficient (Wildman–Crippen LogP) is 2.82. The van der Waals surface area contributed by atoms with E-state index in [0.717, 1.165) is 44.0 Å². The zero-order valence-corrected chi connectivity index (χ0v) is 22.1. The number of carbonyl (C=O) groups is 1. The number of rotatable bonds is 9. The fraction of sp³-hybridized carbons (Fsp3) is 0.583. The molecular formula is C24H33N5O3S2. The van der Waals surface area contributed by atoms with Crippen LogP contribution in [0.2, 0.25) is 0 Å². The van der Waals surface area contributed by atoms with Crippen LogP contribution in [-0.4, -0.2) is 77.6 Å². The van der Waals surface area contributed by atoms with Crippen LogP contribution in [0, 0.1) is 18.3 Å². The van der Waals surface area contributed by atoms with E-state index in [0.29, 0.717) is 47.5 Å². The number of thiocarbonyl (C=S) groups is 1. The molecular weight excluding hydrogens is 470 g/mol. The summed E-state index contributed by atoms with van der Waals surface area (Å²) in [6, 6.07) is 2.10. The average molecular weight is 504 g/mol. The number of hydrogen-bond acceptors (Lipinski definition) is 8. The number of pyridine rings is 1. The molecule has 184 valence electrons. The summed E-state index contributed by atoms with van der Waals surface area (Å²) in [6.07, 6.45) is 3.30. The molecule has 2 saturated heterocycles. The molecule has 0 unspecified atom stereocenters. The van der Waals surface area contributed by atoms with E-state index < -0.39 is 0 Å².